The zero-order valence-electron chi connectivity index (χ0n) is 9.97. The Balaban J connectivity index is 3.40. The molecule has 0 saturated carbocycles. The number of halogens is 6. The van der Waals surface area contributed by atoms with Crippen LogP contribution in [0.5, 0.6) is 0 Å². The third-order valence-corrected chi connectivity index (χ3v) is 2.97. The first kappa shape index (κ1) is 18.2. The van der Waals surface area contributed by atoms with Crippen molar-refractivity contribution in [2.45, 2.75) is 18.0 Å². The first-order valence-electron chi connectivity index (χ1n) is 4.90. The Labute approximate surface area is 117 Å². The number of alkyl halides is 6. The van der Waals surface area contributed by atoms with E-state index < -0.39 is 45.6 Å². The smallest absolute Gasteiger partial charge is 0.436 e. The average Bonchev–Trinajstić information content (AvgIpc) is 2.75. The van der Waals surface area contributed by atoms with Crippen LogP contribution in [0.2, 0.25) is 0 Å². The molecule has 126 valence electrons. The Morgan fingerprint density at radius 1 is 1.23 bits per heavy atom. The van der Waals surface area contributed by atoms with Gasteiger partial charge in [-0.25, -0.2) is 9.78 Å². The number of ether oxygens (including phenoxy) is 1. The van der Waals surface area contributed by atoms with Gasteiger partial charge >= 0.3 is 23.9 Å². The molecular formula is C8H5F6NO6S. The summed E-state index contributed by atoms with van der Waals surface area (Å²) in [6.07, 6.45) is -11.8. The lowest BCUT2D eigenvalue weighted by atomic mass is 10.1. The van der Waals surface area contributed by atoms with Gasteiger partial charge in [-0.15, -0.1) is 0 Å². The predicted molar refractivity (Wildman–Crippen MR) is 53.2 cm³/mol. The van der Waals surface area contributed by atoms with E-state index in [9.17, 15) is 39.6 Å². The molecule has 1 rings (SSSR count). The van der Waals surface area contributed by atoms with Crippen molar-refractivity contribution in [1.29, 1.82) is 0 Å². The number of carbonyl (C=O) groups excluding carboxylic acids is 1. The summed E-state index contributed by atoms with van der Waals surface area (Å²) in [5.41, 5.74) is -5.47. The Bertz CT molecular complexity index is 619. The summed E-state index contributed by atoms with van der Waals surface area (Å²) in [6.45, 7) is 0. The number of esters is 1. The highest BCUT2D eigenvalue weighted by Gasteiger charge is 2.76. The predicted octanol–water partition coefficient (Wildman–Crippen LogP) is 1.58. The fourth-order valence-corrected chi connectivity index (χ4v) is 2.15. The minimum absolute atomic E-state index is 0.452. The van der Waals surface area contributed by atoms with Crippen molar-refractivity contribution in [3.8, 4) is 0 Å². The van der Waals surface area contributed by atoms with Crippen molar-refractivity contribution in [3.63, 3.8) is 0 Å². The Kier molecular flexibility index (Phi) is 4.49. The molecule has 0 atom stereocenters. The number of aromatic nitrogens is 1. The number of oxazole rings is 1. The molecule has 14 heteroatoms. The highest BCUT2D eigenvalue weighted by Crippen LogP contribution is 2.47. The topological polar surface area (TPSA) is 107 Å². The molecule has 0 fully saturated rings. The SMILES string of the molecule is O=C(OC(CS(=O)(=O)O)(C(F)(F)F)C(F)(F)F)c1cnco1. The lowest BCUT2D eigenvalue weighted by molar-refractivity contribution is -0.356. The maximum absolute atomic E-state index is 12.8. The zero-order valence-corrected chi connectivity index (χ0v) is 10.8. The fourth-order valence-electron chi connectivity index (χ4n) is 1.25. The van der Waals surface area contributed by atoms with Gasteiger partial charge in [-0.05, 0) is 0 Å². The van der Waals surface area contributed by atoms with Crippen molar-refractivity contribution in [2.75, 3.05) is 5.75 Å². The maximum atomic E-state index is 12.8. The van der Waals surface area contributed by atoms with Gasteiger partial charge in [0.25, 0.3) is 10.1 Å². The second-order valence-electron chi connectivity index (χ2n) is 3.80. The van der Waals surface area contributed by atoms with Crippen LogP contribution in [0, 0.1) is 0 Å². The second kappa shape index (κ2) is 5.42. The van der Waals surface area contributed by atoms with E-state index in [-0.39, 0.29) is 0 Å². The highest BCUT2D eigenvalue weighted by atomic mass is 32.2. The van der Waals surface area contributed by atoms with Crippen LogP contribution in [0.1, 0.15) is 10.6 Å². The molecule has 0 aromatic carbocycles. The van der Waals surface area contributed by atoms with Gasteiger partial charge in [0.15, 0.2) is 6.39 Å². The number of hydrogen-bond donors (Lipinski definition) is 1. The Hall–Kier alpha value is -1.83. The summed E-state index contributed by atoms with van der Waals surface area (Å²) in [7, 11) is -5.83. The van der Waals surface area contributed by atoms with Gasteiger partial charge in [0.1, 0.15) is 5.75 Å². The molecule has 1 heterocycles. The van der Waals surface area contributed by atoms with E-state index in [1.807, 2.05) is 0 Å². The normalized spacial score (nSPS) is 14.0. The molecule has 0 aliphatic heterocycles. The van der Waals surface area contributed by atoms with Gasteiger partial charge in [0.05, 0.1) is 6.20 Å². The van der Waals surface area contributed by atoms with E-state index in [2.05, 4.69) is 14.1 Å². The van der Waals surface area contributed by atoms with Crippen LogP contribution < -0.4 is 0 Å². The van der Waals surface area contributed by atoms with Gasteiger partial charge in [-0.1, -0.05) is 0 Å². The van der Waals surface area contributed by atoms with Crippen LogP contribution in [0.15, 0.2) is 17.0 Å². The second-order valence-corrected chi connectivity index (χ2v) is 5.26. The van der Waals surface area contributed by atoms with Crippen LogP contribution in [0.25, 0.3) is 0 Å². The zero-order chi connectivity index (χ0) is 17.4. The first-order valence-corrected chi connectivity index (χ1v) is 6.51. The van der Waals surface area contributed by atoms with Gasteiger partial charge in [0, 0.05) is 0 Å². The van der Waals surface area contributed by atoms with Crippen molar-refractivity contribution in [1.82, 2.24) is 4.98 Å². The molecule has 0 radical (unpaired) electrons. The van der Waals surface area contributed by atoms with E-state index in [4.69, 9.17) is 4.55 Å². The van der Waals surface area contributed by atoms with E-state index in [0.717, 1.165) is 0 Å². The first-order chi connectivity index (χ1) is 9.70. The summed E-state index contributed by atoms with van der Waals surface area (Å²) < 4.78 is 114. The maximum Gasteiger partial charge on any atom is 0.438 e. The lowest BCUT2D eigenvalue weighted by Gasteiger charge is -2.35. The molecule has 0 aliphatic carbocycles. The van der Waals surface area contributed by atoms with Crippen LogP contribution in [0.4, 0.5) is 26.3 Å². The number of rotatable bonds is 4. The lowest BCUT2D eigenvalue weighted by Crippen LogP contribution is -2.63. The molecule has 22 heavy (non-hydrogen) atoms. The molecule has 0 saturated heterocycles. The van der Waals surface area contributed by atoms with Crippen LogP contribution in [0.3, 0.4) is 0 Å². The van der Waals surface area contributed by atoms with E-state index in [1.165, 1.54) is 0 Å². The average molecular weight is 357 g/mol. The molecule has 0 unspecified atom stereocenters. The molecule has 0 bridgehead atoms. The van der Waals surface area contributed by atoms with Crippen molar-refractivity contribution in [2.24, 2.45) is 0 Å². The summed E-state index contributed by atoms with van der Waals surface area (Å²) in [6, 6.07) is 0. The molecular weight excluding hydrogens is 352 g/mol. The van der Waals surface area contributed by atoms with Gasteiger partial charge in [-0.3, -0.25) is 4.55 Å². The van der Waals surface area contributed by atoms with Crippen molar-refractivity contribution in [3.05, 3.63) is 18.4 Å². The van der Waals surface area contributed by atoms with Crippen LogP contribution in [-0.4, -0.2) is 47.6 Å². The van der Waals surface area contributed by atoms with E-state index in [0.29, 0.717) is 12.6 Å². The number of hydrogen-bond acceptors (Lipinski definition) is 6. The van der Waals surface area contributed by atoms with E-state index >= 15 is 0 Å². The molecule has 7 nitrogen and oxygen atoms in total. The van der Waals surface area contributed by atoms with Crippen LogP contribution >= 0.6 is 0 Å². The minimum atomic E-state index is -6.39. The van der Waals surface area contributed by atoms with Gasteiger partial charge < -0.3 is 9.15 Å². The molecule has 0 amide bonds. The van der Waals surface area contributed by atoms with Gasteiger partial charge in [0.2, 0.25) is 5.76 Å². The van der Waals surface area contributed by atoms with E-state index in [1.54, 1.807) is 0 Å². The number of carbonyl (C=O) groups is 1. The standard InChI is InChI=1S/C8H5F6NO6S/c9-7(10,11)6(8(12,13)14,2-22(17,18)19)21-5(16)4-1-15-3-20-4/h1,3H,2H2,(H,17,18,19). The molecule has 1 aromatic heterocycles. The molecule has 1 N–H and O–H groups in total. The largest absolute Gasteiger partial charge is 0.438 e. The minimum Gasteiger partial charge on any atom is -0.436 e. The Morgan fingerprint density at radius 3 is 2.05 bits per heavy atom. The Morgan fingerprint density at radius 2 is 1.73 bits per heavy atom. The monoisotopic (exact) mass is 357 g/mol. The molecule has 1 aromatic rings. The quantitative estimate of drug-likeness (QED) is 0.495. The molecule has 0 aliphatic rings. The third kappa shape index (κ3) is 3.68. The van der Waals surface area contributed by atoms with Crippen molar-refractivity contribution >= 4 is 16.1 Å². The fraction of sp³-hybridized carbons (Fsp3) is 0.500. The summed E-state index contributed by atoms with van der Waals surface area (Å²) in [4.78, 5) is 14.3. The summed E-state index contributed by atoms with van der Waals surface area (Å²) >= 11 is 0. The highest BCUT2D eigenvalue weighted by molar-refractivity contribution is 7.85. The van der Waals surface area contributed by atoms with Gasteiger partial charge in [-0.2, -0.15) is 34.8 Å². The molecule has 0 spiro atoms. The summed E-state index contributed by atoms with van der Waals surface area (Å²) in [5, 5.41) is 0. The summed E-state index contributed by atoms with van der Waals surface area (Å²) in [5.74, 6) is -6.36. The third-order valence-electron chi connectivity index (χ3n) is 2.20. The number of nitrogens with zero attached hydrogens (tertiary/aromatic N) is 1. The van der Waals surface area contributed by atoms with Crippen molar-refractivity contribution < 1.29 is 53.3 Å². The van der Waals surface area contributed by atoms with Crippen LogP contribution in [-0.2, 0) is 14.9 Å².